The van der Waals surface area contributed by atoms with Crippen LogP contribution in [0.3, 0.4) is 0 Å². The van der Waals surface area contributed by atoms with E-state index in [1.165, 1.54) is 12.2 Å². The van der Waals surface area contributed by atoms with Gasteiger partial charge in [0.25, 0.3) is 0 Å². The van der Waals surface area contributed by atoms with E-state index in [2.05, 4.69) is 79.7 Å². The van der Waals surface area contributed by atoms with Crippen molar-refractivity contribution in [3.8, 4) is 0 Å². The van der Waals surface area contributed by atoms with Gasteiger partial charge in [0.2, 0.25) is 0 Å². The van der Waals surface area contributed by atoms with E-state index in [1.807, 2.05) is 6.08 Å². The monoisotopic (exact) mass is 471 g/mol. The zero-order chi connectivity index (χ0) is 25.5. The van der Waals surface area contributed by atoms with Crippen LogP contribution in [-0.4, -0.2) is 25.2 Å². The van der Waals surface area contributed by atoms with Crippen molar-refractivity contribution in [2.75, 3.05) is 18.1 Å². The number of ether oxygens (including phenoxy) is 2. The van der Waals surface area contributed by atoms with Crippen LogP contribution in [0.1, 0.15) is 24.0 Å². The van der Waals surface area contributed by atoms with Gasteiger partial charge in [-0.25, -0.2) is 9.59 Å². The summed E-state index contributed by atoms with van der Waals surface area (Å²) in [6, 6.07) is 16.5. The summed E-state index contributed by atoms with van der Waals surface area (Å²) in [5, 5.41) is 0. The van der Waals surface area contributed by atoms with E-state index in [9.17, 15) is 9.59 Å². The summed E-state index contributed by atoms with van der Waals surface area (Å²) in [7, 11) is 0. The second-order valence-electron chi connectivity index (χ2n) is 7.65. The molecule has 0 aliphatic carbocycles. The van der Waals surface area contributed by atoms with E-state index >= 15 is 0 Å². The van der Waals surface area contributed by atoms with Gasteiger partial charge >= 0.3 is 11.9 Å². The molecule has 0 radical (unpaired) electrons. The lowest BCUT2D eigenvalue weighted by Gasteiger charge is -2.26. The molecule has 0 unspecified atom stereocenters. The SMILES string of the molecule is C=C/C=C(\C=C)N(c1ccc(CCCOC(=O)C=C)cc1)c1ccc(CCCOC(=O)C=C)cc1. The van der Waals surface area contributed by atoms with Crippen molar-refractivity contribution in [2.24, 2.45) is 0 Å². The van der Waals surface area contributed by atoms with Crippen LogP contribution in [0.25, 0.3) is 0 Å². The van der Waals surface area contributed by atoms with Crippen molar-refractivity contribution in [3.05, 3.63) is 122 Å². The van der Waals surface area contributed by atoms with E-state index in [1.54, 1.807) is 12.2 Å². The average Bonchev–Trinajstić information content (AvgIpc) is 2.89. The van der Waals surface area contributed by atoms with E-state index in [0.29, 0.717) is 13.2 Å². The van der Waals surface area contributed by atoms with Gasteiger partial charge in [-0.3, -0.25) is 0 Å². The van der Waals surface area contributed by atoms with Crippen LogP contribution in [0.4, 0.5) is 11.4 Å². The quantitative estimate of drug-likeness (QED) is 0.130. The number of carbonyl (C=O) groups excluding carboxylic acids is 2. The topological polar surface area (TPSA) is 55.8 Å². The largest absolute Gasteiger partial charge is 0.463 e. The van der Waals surface area contributed by atoms with Crippen LogP contribution in [0, 0.1) is 0 Å². The number of esters is 2. The number of rotatable bonds is 15. The molecule has 0 spiro atoms. The molecule has 2 aromatic rings. The fourth-order valence-electron chi connectivity index (χ4n) is 3.44. The Hall–Kier alpha value is -4.12. The highest BCUT2D eigenvalue weighted by atomic mass is 16.5. The Morgan fingerprint density at radius 1 is 0.686 bits per heavy atom. The first kappa shape index (κ1) is 27.1. The van der Waals surface area contributed by atoms with Crippen molar-refractivity contribution >= 4 is 23.3 Å². The summed E-state index contributed by atoms with van der Waals surface area (Å²) in [5.41, 5.74) is 5.19. The minimum atomic E-state index is -0.399. The molecule has 0 aliphatic heterocycles. The van der Waals surface area contributed by atoms with Gasteiger partial charge in [0.1, 0.15) is 0 Å². The third-order valence-electron chi connectivity index (χ3n) is 5.19. The fourth-order valence-corrected chi connectivity index (χ4v) is 3.44. The first-order valence-electron chi connectivity index (χ1n) is 11.5. The number of hydrogen-bond donors (Lipinski definition) is 0. The van der Waals surface area contributed by atoms with E-state index < -0.39 is 11.9 Å². The Kier molecular flexibility index (Phi) is 11.6. The summed E-state index contributed by atoms with van der Waals surface area (Å²) < 4.78 is 10.1. The van der Waals surface area contributed by atoms with Crippen LogP contribution in [0.2, 0.25) is 0 Å². The zero-order valence-electron chi connectivity index (χ0n) is 20.2. The maximum atomic E-state index is 11.2. The molecule has 0 aliphatic rings. The maximum Gasteiger partial charge on any atom is 0.330 e. The lowest BCUT2D eigenvalue weighted by Crippen LogP contribution is -2.15. The van der Waals surface area contributed by atoms with Gasteiger partial charge in [-0.1, -0.05) is 56.7 Å². The molecule has 0 saturated heterocycles. The molecule has 5 nitrogen and oxygen atoms in total. The molecule has 0 amide bonds. The molecule has 0 N–H and O–H groups in total. The van der Waals surface area contributed by atoms with Crippen molar-refractivity contribution in [1.29, 1.82) is 0 Å². The van der Waals surface area contributed by atoms with E-state index in [-0.39, 0.29) is 0 Å². The number of nitrogens with zero attached hydrogens (tertiary/aromatic N) is 1. The molecule has 2 rings (SSSR count). The molecule has 0 bridgehead atoms. The lowest BCUT2D eigenvalue weighted by atomic mass is 10.1. The normalized spacial score (nSPS) is 10.7. The second kappa shape index (κ2) is 14.9. The van der Waals surface area contributed by atoms with Crippen molar-refractivity contribution in [3.63, 3.8) is 0 Å². The molecule has 0 fully saturated rings. The number of hydrogen-bond acceptors (Lipinski definition) is 5. The van der Waals surface area contributed by atoms with Gasteiger partial charge < -0.3 is 14.4 Å². The molecule has 35 heavy (non-hydrogen) atoms. The predicted molar refractivity (Wildman–Crippen MR) is 142 cm³/mol. The van der Waals surface area contributed by atoms with Gasteiger partial charge in [-0.05, 0) is 73.2 Å². The Bertz CT molecular complexity index is 977. The summed E-state index contributed by atoms with van der Waals surface area (Å²) in [5.74, 6) is -0.798. The molecule has 2 aromatic carbocycles. The Morgan fingerprint density at radius 2 is 1.11 bits per heavy atom. The number of carbonyl (C=O) groups is 2. The second-order valence-corrected chi connectivity index (χ2v) is 7.65. The smallest absolute Gasteiger partial charge is 0.330 e. The third kappa shape index (κ3) is 8.97. The molecular weight excluding hydrogens is 438 g/mol. The number of aryl methyl sites for hydroxylation is 2. The van der Waals surface area contributed by atoms with Crippen LogP contribution in [-0.2, 0) is 31.9 Å². The first-order chi connectivity index (χ1) is 17.0. The minimum absolute atomic E-state index is 0.366. The average molecular weight is 472 g/mol. The standard InChI is InChI=1S/C30H33NO4/c1-5-11-26(6-2)31(27-18-14-24(15-19-27)12-9-22-34-29(32)7-3)28-20-16-25(17-21-28)13-10-23-35-30(33)8-4/h5-8,11,14-21H,1-4,9-10,12-13,22-23H2/b26-11+. The minimum Gasteiger partial charge on any atom is -0.463 e. The number of anilines is 2. The highest BCUT2D eigenvalue weighted by Gasteiger charge is 2.13. The number of benzene rings is 2. The predicted octanol–water partition coefficient (Wildman–Crippen LogP) is 6.40. The van der Waals surface area contributed by atoms with Crippen LogP contribution in [0.5, 0.6) is 0 Å². The van der Waals surface area contributed by atoms with E-state index in [4.69, 9.17) is 9.47 Å². The Labute approximate surface area is 208 Å². The summed E-state index contributed by atoms with van der Waals surface area (Å²) in [4.78, 5) is 24.4. The van der Waals surface area contributed by atoms with Crippen molar-refractivity contribution in [1.82, 2.24) is 0 Å². The molecule has 182 valence electrons. The highest BCUT2D eigenvalue weighted by molar-refractivity contribution is 5.81. The van der Waals surface area contributed by atoms with Gasteiger partial charge in [-0.15, -0.1) is 0 Å². The van der Waals surface area contributed by atoms with Gasteiger partial charge in [0.15, 0.2) is 0 Å². The summed E-state index contributed by atoms with van der Waals surface area (Å²) in [6.07, 6.45) is 10.9. The van der Waals surface area contributed by atoms with Crippen LogP contribution < -0.4 is 4.90 Å². The van der Waals surface area contributed by atoms with E-state index in [0.717, 1.165) is 53.9 Å². The van der Waals surface area contributed by atoms with Crippen molar-refractivity contribution < 1.29 is 19.1 Å². The molecule has 0 aromatic heterocycles. The molecule has 0 saturated carbocycles. The highest BCUT2D eigenvalue weighted by Crippen LogP contribution is 2.31. The number of allylic oxidation sites excluding steroid dienone is 3. The zero-order valence-corrected chi connectivity index (χ0v) is 20.2. The summed E-state index contributed by atoms with van der Waals surface area (Å²) >= 11 is 0. The lowest BCUT2D eigenvalue weighted by molar-refractivity contribution is -0.138. The maximum absolute atomic E-state index is 11.2. The van der Waals surface area contributed by atoms with Crippen molar-refractivity contribution in [2.45, 2.75) is 25.7 Å². The van der Waals surface area contributed by atoms with Gasteiger partial charge in [0, 0.05) is 29.2 Å². The summed E-state index contributed by atoms with van der Waals surface area (Å²) in [6.45, 7) is 15.3. The third-order valence-corrected chi connectivity index (χ3v) is 5.19. The molecule has 0 heterocycles. The van der Waals surface area contributed by atoms with Crippen LogP contribution >= 0.6 is 0 Å². The Balaban J connectivity index is 2.12. The first-order valence-corrected chi connectivity index (χ1v) is 11.5. The molecule has 0 atom stereocenters. The fraction of sp³-hybridized carbons (Fsp3) is 0.200. The van der Waals surface area contributed by atoms with Gasteiger partial charge in [-0.2, -0.15) is 0 Å². The van der Waals surface area contributed by atoms with Gasteiger partial charge in [0.05, 0.1) is 13.2 Å². The van der Waals surface area contributed by atoms with Crippen LogP contribution in [0.15, 0.2) is 111 Å². The Morgan fingerprint density at radius 3 is 1.46 bits per heavy atom. The molecule has 5 heteroatoms. The molecular formula is C30H33NO4.